The van der Waals surface area contributed by atoms with Crippen LogP contribution in [-0.2, 0) is 6.42 Å². The van der Waals surface area contributed by atoms with Crippen molar-refractivity contribution >= 4 is 11.3 Å². The average Bonchev–Trinajstić information content (AvgIpc) is 2.74. The molecule has 2 heterocycles. The first kappa shape index (κ1) is 12.2. The van der Waals surface area contributed by atoms with Crippen molar-refractivity contribution in [3.63, 3.8) is 0 Å². The van der Waals surface area contributed by atoms with Crippen molar-refractivity contribution < 1.29 is 5.11 Å². The predicted octanol–water partition coefficient (Wildman–Crippen LogP) is 2.80. The summed E-state index contributed by atoms with van der Waals surface area (Å²) in [5.41, 5.74) is 3.55. The van der Waals surface area contributed by atoms with Crippen LogP contribution >= 0.6 is 11.3 Å². The van der Waals surface area contributed by atoms with Crippen LogP contribution in [0.4, 0.5) is 0 Å². The highest BCUT2D eigenvalue weighted by atomic mass is 32.1. The van der Waals surface area contributed by atoms with Gasteiger partial charge in [0.1, 0.15) is 6.10 Å². The minimum atomic E-state index is -0.592. The lowest BCUT2D eigenvalue weighted by Gasteiger charge is -2.14. The van der Waals surface area contributed by atoms with Gasteiger partial charge < -0.3 is 5.11 Å². The van der Waals surface area contributed by atoms with E-state index < -0.39 is 6.10 Å². The zero-order valence-electron chi connectivity index (χ0n) is 10.3. The zero-order chi connectivity index (χ0) is 12.4. The van der Waals surface area contributed by atoms with E-state index in [0.717, 1.165) is 33.8 Å². The fourth-order valence-corrected chi connectivity index (χ4v) is 2.63. The van der Waals surface area contributed by atoms with E-state index in [1.165, 1.54) is 0 Å². The summed E-state index contributed by atoms with van der Waals surface area (Å²) >= 11 is 1.65. The first-order valence-electron chi connectivity index (χ1n) is 5.68. The highest BCUT2D eigenvalue weighted by Crippen LogP contribution is 2.29. The smallest absolute Gasteiger partial charge is 0.107 e. The Morgan fingerprint density at radius 1 is 1.29 bits per heavy atom. The third-order valence-electron chi connectivity index (χ3n) is 2.85. The molecule has 2 aromatic heterocycles. The van der Waals surface area contributed by atoms with Gasteiger partial charge in [0.15, 0.2) is 0 Å². The van der Waals surface area contributed by atoms with E-state index in [9.17, 15) is 5.11 Å². The van der Waals surface area contributed by atoms with E-state index in [2.05, 4.69) is 10.2 Å². The molecule has 2 aromatic rings. The lowest BCUT2D eigenvalue weighted by molar-refractivity contribution is 0.218. The molecule has 0 spiro atoms. The highest BCUT2D eigenvalue weighted by molar-refractivity contribution is 7.10. The number of aryl methyl sites for hydroxylation is 3. The fourth-order valence-electron chi connectivity index (χ4n) is 1.89. The molecule has 3 nitrogen and oxygen atoms in total. The third-order valence-corrected chi connectivity index (χ3v) is 3.71. The van der Waals surface area contributed by atoms with Crippen LogP contribution in [0.2, 0.25) is 0 Å². The molecule has 1 N–H and O–H groups in total. The largest absolute Gasteiger partial charge is 0.384 e. The topological polar surface area (TPSA) is 46.0 Å². The Labute approximate surface area is 105 Å². The van der Waals surface area contributed by atoms with Gasteiger partial charge in [0.2, 0.25) is 0 Å². The molecular weight excluding hydrogens is 232 g/mol. The molecule has 4 heteroatoms. The number of aromatic nitrogens is 2. The molecule has 1 unspecified atom stereocenters. The Hall–Kier alpha value is -1.26. The van der Waals surface area contributed by atoms with E-state index in [0.29, 0.717) is 0 Å². The number of hydrogen-bond acceptors (Lipinski definition) is 4. The van der Waals surface area contributed by atoms with E-state index in [1.54, 1.807) is 11.3 Å². The minimum Gasteiger partial charge on any atom is -0.384 e. The standard InChI is InChI=1S/C13H16N2OS/c1-4-12-11(7-8(2)14-15-12)13(16)10-5-6-17-9(10)3/h5-7,13,16H,4H2,1-3H3. The Bertz CT molecular complexity index is 522. The zero-order valence-corrected chi connectivity index (χ0v) is 11.1. The third kappa shape index (κ3) is 2.37. The lowest BCUT2D eigenvalue weighted by atomic mass is 10.00. The van der Waals surface area contributed by atoms with Gasteiger partial charge in [-0.2, -0.15) is 10.2 Å². The van der Waals surface area contributed by atoms with Gasteiger partial charge in [0.05, 0.1) is 11.4 Å². The van der Waals surface area contributed by atoms with Crippen molar-refractivity contribution in [3.05, 3.63) is 44.9 Å². The summed E-state index contributed by atoms with van der Waals surface area (Å²) in [6, 6.07) is 3.90. The van der Waals surface area contributed by atoms with Crippen LogP contribution < -0.4 is 0 Å². The van der Waals surface area contributed by atoms with Crippen LogP contribution in [0, 0.1) is 13.8 Å². The number of hydrogen-bond donors (Lipinski definition) is 1. The van der Waals surface area contributed by atoms with Crippen molar-refractivity contribution in [2.75, 3.05) is 0 Å². The van der Waals surface area contributed by atoms with Gasteiger partial charge in [-0.05, 0) is 43.3 Å². The molecule has 0 saturated carbocycles. The molecule has 2 rings (SSSR count). The summed E-state index contributed by atoms with van der Waals surface area (Å²) in [6.07, 6.45) is 0.188. The predicted molar refractivity (Wildman–Crippen MR) is 69.3 cm³/mol. The van der Waals surface area contributed by atoms with Gasteiger partial charge in [-0.1, -0.05) is 6.92 Å². The Morgan fingerprint density at radius 3 is 2.65 bits per heavy atom. The average molecular weight is 248 g/mol. The van der Waals surface area contributed by atoms with E-state index in [1.807, 2.05) is 38.3 Å². The molecule has 90 valence electrons. The normalized spacial score (nSPS) is 12.7. The van der Waals surface area contributed by atoms with Crippen molar-refractivity contribution in [3.8, 4) is 0 Å². The quantitative estimate of drug-likeness (QED) is 0.908. The first-order valence-corrected chi connectivity index (χ1v) is 6.56. The van der Waals surface area contributed by atoms with Crippen LogP contribution in [-0.4, -0.2) is 15.3 Å². The Balaban J connectivity index is 2.46. The van der Waals surface area contributed by atoms with Crippen LogP contribution in [0.3, 0.4) is 0 Å². The molecule has 0 bridgehead atoms. The summed E-state index contributed by atoms with van der Waals surface area (Å²) in [7, 11) is 0. The molecule has 0 saturated heterocycles. The number of nitrogens with zero attached hydrogens (tertiary/aromatic N) is 2. The molecule has 0 aliphatic carbocycles. The summed E-state index contributed by atoms with van der Waals surface area (Å²) < 4.78 is 0. The Kier molecular flexibility index (Phi) is 3.54. The summed E-state index contributed by atoms with van der Waals surface area (Å²) in [6.45, 7) is 5.94. The monoisotopic (exact) mass is 248 g/mol. The van der Waals surface area contributed by atoms with Gasteiger partial charge in [-0.25, -0.2) is 0 Å². The maximum atomic E-state index is 10.4. The van der Waals surface area contributed by atoms with E-state index in [4.69, 9.17) is 0 Å². The number of thiophene rings is 1. The second-order valence-corrected chi connectivity index (χ2v) is 5.20. The highest BCUT2D eigenvalue weighted by Gasteiger charge is 2.18. The minimum absolute atomic E-state index is 0.592. The molecule has 0 aliphatic rings. The van der Waals surface area contributed by atoms with Crippen LogP contribution in [0.1, 0.15) is 40.4 Å². The molecule has 0 aromatic carbocycles. The molecular formula is C13H16N2OS. The van der Waals surface area contributed by atoms with Gasteiger partial charge in [-0.3, -0.25) is 0 Å². The van der Waals surface area contributed by atoms with Crippen molar-refractivity contribution in [2.45, 2.75) is 33.3 Å². The fraction of sp³-hybridized carbons (Fsp3) is 0.385. The maximum absolute atomic E-state index is 10.4. The van der Waals surface area contributed by atoms with Gasteiger partial charge in [0, 0.05) is 10.4 Å². The van der Waals surface area contributed by atoms with Crippen molar-refractivity contribution in [2.24, 2.45) is 0 Å². The second-order valence-electron chi connectivity index (χ2n) is 4.08. The van der Waals surface area contributed by atoms with E-state index in [-0.39, 0.29) is 0 Å². The number of aliphatic hydroxyl groups excluding tert-OH is 1. The van der Waals surface area contributed by atoms with Crippen LogP contribution in [0.15, 0.2) is 17.5 Å². The second kappa shape index (κ2) is 4.94. The van der Waals surface area contributed by atoms with Crippen molar-refractivity contribution in [1.29, 1.82) is 0 Å². The molecule has 0 fully saturated rings. The number of rotatable bonds is 3. The Morgan fingerprint density at radius 2 is 2.06 bits per heavy atom. The van der Waals surface area contributed by atoms with Crippen LogP contribution in [0.5, 0.6) is 0 Å². The summed E-state index contributed by atoms with van der Waals surface area (Å²) in [4.78, 5) is 1.15. The molecule has 0 aliphatic heterocycles. The molecule has 1 atom stereocenters. The molecule has 0 radical (unpaired) electrons. The van der Waals surface area contributed by atoms with E-state index >= 15 is 0 Å². The maximum Gasteiger partial charge on any atom is 0.107 e. The van der Waals surface area contributed by atoms with Crippen LogP contribution in [0.25, 0.3) is 0 Å². The van der Waals surface area contributed by atoms with Gasteiger partial charge >= 0.3 is 0 Å². The van der Waals surface area contributed by atoms with Gasteiger partial charge in [0.25, 0.3) is 0 Å². The SMILES string of the molecule is CCc1nnc(C)cc1C(O)c1ccsc1C. The summed E-state index contributed by atoms with van der Waals surface area (Å²) in [5, 5.41) is 20.6. The lowest BCUT2D eigenvalue weighted by Crippen LogP contribution is -2.07. The molecule has 17 heavy (non-hydrogen) atoms. The molecule has 0 amide bonds. The van der Waals surface area contributed by atoms with Crippen molar-refractivity contribution in [1.82, 2.24) is 10.2 Å². The first-order chi connectivity index (χ1) is 8.13. The van der Waals surface area contributed by atoms with Gasteiger partial charge in [-0.15, -0.1) is 11.3 Å². The summed E-state index contributed by atoms with van der Waals surface area (Å²) in [5.74, 6) is 0. The number of aliphatic hydroxyl groups is 1.